The highest BCUT2D eigenvalue weighted by Crippen LogP contribution is 2.27. The summed E-state index contributed by atoms with van der Waals surface area (Å²) < 4.78 is 0. The van der Waals surface area contributed by atoms with Crippen LogP contribution in [0.25, 0.3) is 10.9 Å². The molecule has 3 heterocycles. The number of nitrogens with zero attached hydrogens (tertiary/aromatic N) is 4. The molecule has 34 heavy (non-hydrogen) atoms. The van der Waals surface area contributed by atoms with Crippen molar-refractivity contribution in [1.29, 1.82) is 0 Å². The van der Waals surface area contributed by atoms with Crippen LogP contribution in [0.4, 0.5) is 17.3 Å². The molecule has 0 bridgehead atoms. The van der Waals surface area contributed by atoms with Crippen molar-refractivity contribution in [3.8, 4) is 0 Å². The van der Waals surface area contributed by atoms with Gasteiger partial charge in [0.15, 0.2) is 0 Å². The molecule has 1 aliphatic rings. The molecule has 2 aromatic carbocycles. The van der Waals surface area contributed by atoms with Crippen molar-refractivity contribution in [1.82, 2.24) is 14.9 Å². The molecule has 1 fully saturated rings. The molecule has 5 rings (SSSR count). The Kier molecular flexibility index (Phi) is 6.40. The molecule has 8 heteroatoms. The number of hydrogen-bond donors (Lipinski definition) is 2. The number of fused-ring (bicyclic) bond motifs is 1. The van der Waals surface area contributed by atoms with E-state index in [0.717, 1.165) is 50.5 Å². The van der Waals surface area contributed by atoms with E-state index in [-0.39, 0.29) is 10.6 Å². The van der Waals surface area contributed by atoms with Gasteiger partial charge in [-0.3, -0.25) is 15.0 Å². The normalized spacial score (nSPS) is 14.4. The Labute approximate surface area is 198 Å². The molecule has 1 saturated heterocycles. The number of nitro groups is 1. The minimum Gasteiger partial charge on any atom is -0.364 e. The van der Waals surface area contributed by atoms with E-state index in [4.69, 9.17) is 0 Å². The zero-order chi connectivity index (χ0) is 23.3. The Balaban J connectivity index is 1.23. The zero-order valence-corrected chi connectivity index (χ0v) is 19.0. The van der Waals surface area contributed by atoms with Crippen LogP contribution in [-0.4, -0.2) is 52.5 Å². The maximum Gasteiger partial charge on any atom is 0.311 e. The van der Waals surface area contributed by atoms with Gasteiger partial charge in [0.05, 0.1) is 4.92 Å². The summed E-state index contributed by atoms with van der Waals surface area (Å²) in [6, 6.07) is 21.9. The van der Waals surface area contributed by atoms with Gasteiger partial charge in [-0.1, -0.05) is 48.5 Å². The first-order valence-corrected chi connectivity index (χ1v) is 11.6. The number of benzene rings is 2. The predicted octanol–water partition coefficient (Wildman–Crippen LogP) is 4.45. The maximum absolute atomic E-state index is 11.6. The van der Waals surface area contributed by atoms with Gasteiger partial charge in [-0.15, -0.1) is 0 Å². The average molecular weight is 457 g/mol. The Morgan fingerprint density at radius 1 is 0.971 bits per heavy atom. The summed E-state index contributed by atoms with van der Waals surface area (Å²) in [6.07, 6.45) is 2.74. The summed E-state index contributed by atoms with van der Waals surface area (Å²) in [5, 5.41) is 16.0. The van der Waals surface area contributed by atoms with Crippen LogP contribution in [0.1, 0.15) is 11.1 Å². The van der Waals surface area contributed by atoms with Gasteiger partial charge >= 0.3 is 5.69 Å². The monoisotopic (exact) mass is 456 g/mol. The van der Waals surface area contributed by atoms with Crippen molar-refractivity contribution >= 4 is 28.2 Å². The van der Waals surface area contributed by atoms with Crippen LogP contribution in [0.5, 0.6) is 0 Å². The molecule has 0 aliphatic carbocycles. The molecule has 0 amide bonds. The minimum atomic E-state index is -0.372. The maximum atomic E-state index is 11.6. The highest BCUT2D eigenvalue weighted by molar-refractivity contribution is 5.83. The zero-order valence-electron chi connectivity index (χ0n) is 19.0. The molecule has 2 N–H and O–H groups in total. The second-order valence-corrected chi connectivity index (χ2v) is 8.58. The topological polar surface area (TPSA) is 90.3 Å². The van der Waals surface area contributed by atoms with Gasteiger partial charge in [-0.2, -0.15) is 0 Å². The van der Waals surface area contributed by atoms with Gasteiger partial charge in [0.2, 0.25) is 5.82 Å². The number of rotatable bonds is 8. The Bertz CT molecular complexity index is 1260. The van der Waals surface area contributed by atoms with Crippen molar-refractivity contribution < 1.29 is 4.92 Å². The first-order chi connectivity index (χ1) is 16.7. The number of aromatic nitrogens is 2. The van der Waals surface area contributed by atoms with Crippen molar-refractivity contribution in [2.45, 2.75) is 13.0 Å². The van der Waals surface area contributed by atoms with Gasteiger partial charge in [0, 0.05) is 62.4 Å². The summed E-state index contributed by atoms with van der Waals surface area (Å²) in [4.78, 5) is 23.8. The number of H-pyrrole nitrogens is 1. The van der Waals surface area contributed by atoms with Gasteiger partial charge < -0.3 is 15.2 Å². The number of hydrogen-bond acceptors (Lipinski definition) is 6. The third-order valence-electron chi connectivity index (χ3n) is 6.36. The van der Waals surface area contributed by atoms with Crippen molar-refractivity contribution in [3.63, 3.8) is 0 Å². The van der Waals surface area contributed by atoms with E-state index >= 15 is 0 Å². The number of aromatic amines is 1. The first-order valence-electron chi connectivity index (χ1n) is 11.6. The molecule has 2 aromatic heterocycles. The van der Waals surface area contributed by atoms with Gasteiger partial charge in [0.25, 0.3) is 0 Å². The first kappa shape index (κ1) is 21.9. The molecule has 174 valence electrons. The molecule has 0 spiro atoms. The number of anilines is 2. The smallest absolute Gasteiger partial charge is 0.311 e. The Morgan fingerprint density at radius 2 is 1.74 bits per heavy atom. The predicted molar refractivity (Wildman–Crippen MR) is 135 cm³/mol. The second kappa shape index (κ2) is 9.93. The van der Waals surface area contributed by atoms with E-state index in [0.29, 0.717) is 12.4 Å². The number of para-hydroxylation sites is 1. The molecule has 8 nitrogen and oxygen atoms in total. The van der Waals surface area contributed by atoms with E-state index in [2.05, 4.69) is 55.4 Å². The fourth-order valence-electron chi connectivity index (χ4n) is 4.53. The van der Waals surface area contributed by atoms with E-state index in [9.17, 15) is 10.1 Å². The van der Waals surface area contributed by atoms with Crippen LogP contribution < -0.4 is 10.2 Å². The van der Waals surface area contributed by atoms with Crippen LogP contribution in [0.3, 0.4) is 0 Å². The van der Waals surface area contributed by atoms with Gasteiger partial charge in [0.1, 0.15) is 5.82 Å². The SMILES string of the molecule is O=[N+]([O-])c1ccc(N2CCN(Cc3ccccc3)CC2)nc1NCCc1c[nH]c2ccccc12. The van der Waals surface area contributed by atoms with Crippen molar-refractivity contribution in [2.75, 3.05) is 42.9 Å². The Morgan fingerprint density at radius 3 is 2.53 bits per heavy atom. The van der Waals surface area contributed by atoms with Crippen LogP contribution in [0.15, 0.2) is 72.9 Å². The fourth-order valence-corrected chi connectivity index (χ4v) is 4.53. The number of piperazine rings is 1. The molecule has 1 aliphatic heterocycles. The van der Waals surface area contributed by atoms with Crippen LogP contribution in [0, 0.1) is 10.1 Å². The van der Waals surface area contributed by atoms with E-state index in [1.165, 1.54) is 16.5 Å². The lowest BCUT2D eigenvalue weighted by Gasteiger charge is -2.35. The lowest BCUT2D eigenvalue weighted by molar-refractivity contribution is -0.384. The number of nitrogens with one attached hydrogen (secondary N) is 2. The van der Waals surface area contributed by atoms with E-state index in [1.54, 1.807) is 12.1 Å². The lowest BCUT2D eigenvalue weighted by atomic mass is 10.1. The summed E-state index contributed by atoms with van der Waals surface area (Å²) in [6.45, 7) is 5.03. The summed E-state index contributed by atoms with van der Waals surface area (Å²) >= 11 is 0. The van der Waals surface area contributed by atoms with Crippen LogP contribution >= 0.6 is 0 Å². The van der Waals surface area contributed by atoms with Gasteiger partial charge in [-0.05, 0) is 29.7 Å². The minimum absolute atomic E-state index is 0.00499. The molecular formula is C26H28N6O2. The van der Waals surface area contributed by atoms with E-state index in [1.807, 2.05) is 30.5 Å². The quantitative estimate of drug-likeness (QED) is 0.301. The Hall–Kier alpha value is -3.91. The second-order valence-electron chi connectivity index (χ2n) is 8.58. The highest BCUT2D eigenvalue weighted by atomic mass is 16.6. The highest BCUT2D eigenvalue weighted by Gasteiger charge is 2.22. The van der Waals surface area contributed by atoms with Crippen molar-refractivity contribution in [3.05, 3.63) is 94.2 Å². The van der Waals surface area contributed by atoms with Gasteiger partial charge in [-0.25, -0.2) is 4.98 Å². The fraction of sp³-hybridized carbons (Fsp3) is 0.269. The molecule has 0 radical (unpaired) electrons. The summed E-state index contributed by atoms with van der Waals surface area (Å²) in [5.41, 5.74) is 3.59. The van der Waals surface area contributed by atoms with Crippen molar-refractivity contribution in [2.24, 2.45) is 0 Å². The average Bonchev–Trinajstić information content (AvgIpc) is 3.28. The van der Waals surface area contributed by atoms with Crippen LogP contribution in [0.2, 0.25) is 0 Å². The molecular weight excluding hydrogens is 428 g/mol. The number of pyridine rings is 1. The summed E-state index contributed by atoms with van der Waals surface area (Å²) in [7, 11) is 0. The third kappa shape index (κ3) is 4.87. The van der Waals surface area contributed by atoms with E-state index < -0.39 is 0 Å². The van der Waals surface area contributed by atoms with Crippen LogP contribution in [-0.2, 0) is 13.0 Å². The molecule has 0 saturated carbocycles. The largest absolute Gasteiger partial charge is 0.364 e. The lowest BCUT2D eigenvalue weighted by Crippen LogP contribution is -2.46. The molecule has 4 aromatic rings. The summed E-state index contributed by atoms with van der Waals surface area (Å²) in [5.74, 6) is 1.11. The standard InChI is InChI=1S/C26H28N6O2/c33-32(34)24-10-11-25(31-16-14-30(15-17-31)19-20-6-2-1-3-7-20)29-26(24)27-13-12-21-18-28-23-9-5-4-8-22(21)23/h1-11,18,28H,12-17,19H2,(H,27,29). The molecule has 0 atom stereocenters. The third-order valence-corrected chi connectivity index (χ3v) is 6.36. The molecule has 0 unspecified atom stereocenters.